The molecule has 1 amide bonds. The van der Waals surface area contributed by atoms with Gasteiger partial charge in [0, 0.05) is 29.5 Å². The Labute approximate surface area is 160 Å². The molecule has 1 aromatic heterocycles. The van der Waals surface area contributed by atoms with Gasteiger partial charge in [-0.05, 0) is 23.7 Å². The lowest BCUT2D eigenvalue weighted by atomic mass is 10.2. The zero-order valence-electron chi connectivity index (χ0n) is 15.1. The number of hydrogen-bond donors (Lipinski definition) is 2. The van der Waals surface area contributed by atoms with E-state index in [1.165, 1.54) is 12.1 Å². The third-order valence-electron chi connectivity index (χ3n) is 3.41. The van der Waals surface area contributed by atoms with Gasteiger partial charge in [0.05, 0.1) is 26.4 Å². The summed E-state index contributed by atoms with van der Waals surface area (Å²) in [5.41, 5.74) is 13.1. The molecule has 0 fully saturated rings. The third-order valence-corrected chi connectivity index (χ3v) is 3.41. The van der Waals surface area contributed by atoms with Gasteiger partial charge in [-0.1, -0.05) is 5.11 Å². The summed E-state index contributed by atoms with van der Waals surface area (Å²) in [6.45, 7) is 2.33. The van der Waals surface area contributed by atoms with Crippen LogP contribution in [0.1, 0.15) is 0 Å². The first-order valence-electron chi connectivity index (χ1n) is 8.52. The summed E-state index contributed by atoms with van der Waals surface area (Å²) in [5.74, 6) is 0.0406. The molecular formula is C17H21N5O6. The molecule has 0 unspecified atom stereocenters. The first kappa shape index (κ1) is 21.2. The predicted octanol–water partition coefficient (Wildman–Crippen LogP) is 1.22. The van der Waals surface area contributed by atoms with Crippen molar-refractivity contribution >= 4 is 22.6 Å². The highest BCUT2D eigenvalue weighted by Gasteiger charge is 2.07. The fourth-order valence-corrected chi connectivity index (χ4v) is 2.16. The molecule has 3 N–H and O–H groups in total. The summed E-state index contributed by atoms with van der Waals surface area (Å²) >= 11 is 0. The van der Waals surface area contributed by atoms with Crippen LogP contribution in [0.3, 0.4) is 0 Å². The van der Waals surface area contributed by atoms with Crippen LogP contribution < -0.4 is 21.4 Å². The van der Waals surface area contributed by atoms with Crippen molar-refractivity contribution in [2.75, 3.05) is 46.1 Å². The summed E-state index contributed by atoms with van der Waals surface area (Å²) in [7, 11) is 0. The number of azide groups is 1. The monoisotopic (exact) mass is 391 g/mol. The first-order chi connectivity index (χ1) is 13.6. The van der Waals surface area contributed by atoms with Crippen molar-refractivity contribution in [3.8, 4) is 5.75 Å². The second-order valence-corrected chi connectivity index (χ2v) is 5.46. The molecule has 0 saturated carbocycles. The van der Waals surface area contributed by atoms with Gasteiger partial charge < -0.3 is 29.7 Å². The fraction of sp³-hybridized carbons (Fsp3) is 0.412. The molecule has 0 bridgehead atoms. The lowest BCUT2D eigenvalue weighted by molar-refractivity contribution is -0.123. The molecule has 1 aromatic carbocycles. The molecule has 0 atom stereocenters. The number of benzene rings is 1. The van der Waals surface area contributed by atoms with Crippen LogP contribution in [0.2, 0.25) is 0 Å². The Balaban J connectivity index is 1.75. The third kappa shape index (κ3) is 6.89. The van der Waals surface area contributed by atoms with Crippen molar-refractivity contribution < 1.29 is 23.4 Å². The molecule has 150 valence electrons. The molecule has 11 nitrogen and oxygen atoms in total. The number of fused-ring (bicyclic) bond motifs is 1. The van der Waals surface area contributed by atoms with Crippen LogP contribution in [0, 0.1) is 0 Å². The topological polar surface area (TPSA) is 162 Å². The van der Waals surface area contributed by atoms with Crippen LogP contribution in [0.15, 0.2) is 38.6 Å². The van der Waals surface area contributed by atoms with E-state index in [1.54, 1.807) is 12.1 Å². The van der Waals surface area contributed by atoms with E-state index in [2.05, 4.69) is 15.3 Å². The highest BCUT2D eigenvalue weighted by atomic mass is 16.5. The van der Waals surface area contributed by atoms with Gasteiger partial charge in [0.15, 0.2) is 6.61 Å². The van der Waals surface area contributed by atoms with E-state index < -0.39 is 5.63 Å². The Morgan fingerprint density at radius 1 is 1.21 bits per heavy atom. The summed E-state index contributed by atoms with van der Waals surface area (Å²) < 4.78 is 20.9. The zero-order chi connectivity index (χ0) is 20.2. The summed E-state index contributed by atoms with van der Waals surface area (Å²) in [6.07, 6.45) is 0. The SMILES string of the molecule is [N-]=[N+]=Nc1cc2ccc(OCC(=O)NCCOCCOCCN)cc2oc1=O. The Hall–Kier alpha value is -3.11. The van der Waals surface area contributed by atoms with E-state index in [9.17, 15) is 9.59 Å². The van der Waals surface area contributed by atoms with Crippen LogP contribution in [0.25, 0.3) is 21.4 Å². The van der Waals surface area contributed by atoms with E-state index in [0.717, 1.165) is 0 Å². The predicted molar refractivity (Wildman–Crippen MR) is 100 cm³/mol. The smallest absolute Gasteiger partial charge is 0.345 e. The van der Waals surface area contributed by atoms with Gasteiger partial charge in [-0.3, -0.25) is 4.79 Å². The van der Waals surface area contributed by atoms with Gasteiger partial charge in [0.1, 0.15) is 17.0 Å². The van der Waals surface area contributed by atoms with E-state index in [4.69, 9.17) is 29.9 Å². The summed E-state index contributed by atoms with van der Waals surface area (Å²) in [4.78, 5) is 26.0. The van der Waals surface area contributed by atoms with Gasteiger partial charge in [0.2, 0.25) is 0 Å². The first-order valence-corrected chi connectivity index (χ1v) is 8.52. The second-order valence-electron chi connectivity index (χ2n) is 5.46. The van der Waals surface area contributed by atoms with Crippen molar-refractivity contribution in [2.45, 2.75) is 0 Å². The van der Waals surface area contributed by atoms with E-state index in [1.807, 2.05) is 0 Å². The number of nitrogens with zero attached hydrogens (tertiary/aromatic N) is 3. The van der Waals surface area contributed by atoms with Crippen molar-refractivity contribution in [1.82, 2.24) is 5.32 Å². The van der Waals surface area contributed by atoms with Gasteiger partial charge in [0.25, 0.3) is 5.91 Å². The minimum Gasteiger partial charge on any atom is -0.484 e. The van der Waals surface area contributed by atoms with Gasteiger partial charge in [-0.25, -0.2) is 4.79 Å². The van der Waals surface area contributed by atoms with E-state index in [-0.39, 0.29) is 23.8 Å². The number of nitrogens with one attached hydrogen (secondary N) is 1. The van der Waals surface area contributed by atoms with Gasteiger partial charge >= 0.3 is 5.63 Å². The summed E-state index contributed by atoms with van der Waals surface area (Å²) in [6, 6.07) is 6.13. The summed E-state index contributed by atoms with van der Waals surface area (Å²) in [5, 5.41) is 6.48. The Morgan fingerprint density at radius 2 is 2.00 bits per heavy atom. The molecule has 0 spiro atoms. The maximum atomic E-state index is 11.8. The number of hydrogen-bond acceptors (Lipinski definition) is 8. The fourth-order valence-electron chi connectivity index (χ4n) is 2.16. The lowest BCUT2D eigenvalue weighted by Gasteiger charge is -2.09. The number of ether oxygens (including phenoxy) is 3. The Bertz CT molecular complexity index is 893. The van der Waals surface area contributed by atoms with Crippen molar-refractivity contribution in [1.29, 1.82) is 0 Å². The van der Waals surface area contributed by atoms with Crippen molar-refractivity contribution in [2.24, 2.45) is 10.8 Å². The number of rotatable bonds is 12. The molecule has 1 heterocycles. The number of amides is 1. The molecule has 0 radical (unpaired) electrons. The minimum absolute atomic E-state index is 0.129. The van der Waals surface area contributed by atoms with Gasteiger partial charge in [-0.2, -0.15) is 0 Å². The van der Waals surface area contributed by atoms with Crippen LogP contribution in [-0.2, 0) is 14.3 Å². The average Bonchev–Trinajstić information content (AvgIpc) is 2.69. The normalized spacial score (nSPS) is 10.5. The Kier molecular flexibility index (Phi) is 8.76. The quantitative estimate of drug-likeness (QED) is 0.181. The van der Waals surface area contributed by atoms with Crippen LogP contribution in [0.5, 0.6) is 5.75 Å². The zero-order valence-corrected chi connectivity index (χ0v) is 15.1. The Morgan fingerprint density at radius 3 is 2.75 bits per heavy atom. The minimum atomic E-state index is -0.756. The molecule has 2 aromatic rings. The maximum Gasteiger partial charge on any atom is 0.345 e. The van der Waals surface area contributed by atoms with Crippen molar-refractivity contribution in [3.05, 3.63) is 45.1 Å². The maximum absolute atomic E-state index is 11.8. The van der Waals surface area contributed by atoms with Crippen LogP contribution in [0.4, 0.5) is 5.69 Å². The molecule has 2 rings (SSSR count). The molecule has 0 aliphatic carbocycles. The van der Waals surface area contributed by atoms with Crippen LogP contribution in [-0.4, -0.2) is 52.0 Å². The van der Waals surface area contributed by atoms with Crippen LogP contribution >= 0.6 is 0 Å². The molecule has 11 heteroatoms. The number of carbonyl (C=O) groups is 1. The van der Waals surface area contributed by atoms with E-state index in [0.29, 0.717) is 50.7 Å². The molecule has 0 aliphatic heterocycles. The number of nitrogens with two attached hydrogens (primary N) is 1. The van der Waals surface area contributed by atoms with Crippen molar-refractivity contribution in [3.63, 3.8) is 0 Å². The standard InChI is InChI=1S/C17H21N5O6/c18-3-5-25-7-8-26-6-4-20-16(23)11-27-13-2-1-12-9-14(21-22-19)17(24)28-15(12)10-13/h1-2,9-10H,3-8,11,18H2,(H,20,23). The highest BCUT2D eigenvalue weighted by molar-refractivity contribution is 5.81. The lowest BCUT2D eigenvalue weighted by Crippen LogP contribution is -2.31. The average molecular weight is 391 g/mol. The van der Waals surface area contributed by atoms with E-state index >= 15 is 0 Å². The molecule has 0 saturated heterocycles. The second kappa shape index (κ2) is 11.6. The molecular weight excluding hydrogens is 370 g/mol. The highest BCUT2D eigenvalue weighted by Crippen LogP contribution is 2.22. The van der Waals surface area contributed by atoms with Gasteiger partial charge in [-0.15, -0.1) is 0 Å². The largest absolute Gasteiger partial charge is 0.484 e. The number of carbonyl (C=O) groups excluding carboxylic acids is 1. The molecule has 0 aliphatic rings. The molecule has 28 heavy (non-hydrogen) atoms.